The largest absolute Gasteiger partial charge is 0.484 e. The number of hydrogen-bond donors (Lipinski definition) is 2. The molecule has 7 nitrogen and oxygen atoms in total. The summed E-state index contributed by atoms with van der Waals surface area (Å²) in [6.45, 7) is 3.53. The normalized spacial score (nSPS) is 19.3. The van der Waals surface area contributed by atoms with Gasteiger partial charge in [-0.3, -0.25) is 9.59 Å². The van der Waals surface area contributed by atoms with Crippen LogP contribution in [0.3, 0.4) is 0 Å². The molecule has 0 aromatic heterocycles. The second-order valence-corrected chi connectivity index (χ2v) is 7.15. The lowest BCUT2D eigenvalue weighted by molar-refractivity contribution is -0.164. The number of hydrogen-bond acceptors (Lipinski definition) is 5. The molecule has 0 unspecified atom stereocenters. The molecule has 154 valence electrons. The van der Waals surface area contributed by atoms with Crippen LogP contribution in [-0.4, -0.2) is 53.7 Å². The average molecular weight is 398 g/mol. The second-order valence-electron chi connectivity index (χ2n) is 7.15. The molecule has 0 radical (unpaired) electrons. The maximum Gasteiger partial charge on any atom is 0.262 e. The Labute approximate surface area is 170 Å². The number of ether oxygens (including phenoxy) is 2. The van der Waals surface area contributed by atoms with Gasteiger partial charge in [-0.2, -0.15) is 0 Å². The van der Waals surface area contributed by atoms with Gasteiger partial charge in [0.2, 0.25) is 5.91 Å². The summed E-state index contributed by atoms with van der Waals surface area (Å²) in [7, 11) is 0. The van der Waals surface area contributed by atoms with Crippen LogP contribution < -0.4 is 10.1 Å². The zero-order valence-corrected chi connectivity index (χ0v) is 16.6. The van der Waals surface area contributed by atoms with E-state index in [2.05, 4.69) is 5.32 Å². The quantitative estimate of drug-likeness (QED) is 0.748. The molecule has 3 rings (SSSR count). The summed E-state index contributed by atoms with van der Waals surface area (Å²) in [5.41, 5.74) is 1.46. The molecule has 29 heavy (non-hydrogen) atoms. The number of rotatable bonds is 7. The van der Waals surface area contributed by atoms with E-state index in [1.165, 1.54) is 0 Å². The molecule has 1 aliphatic rings. The average Bonchev–Trinajstić information content (AvgIpc) is 2.73. The van der Waals surface area contributed by atoms with E-state index in [1.807, 2.05) is 44.2 Å². The molecular weight excluding hydrogens is 372 g/mol. The van der Waals surface area contributed by atoms with Gasteiger partial charge in [-0.25, -0.2) is 0 Å². The molecule has 2 aromatic carbocycles. The lowest BCUT2D eigenvalue weighted by Crippen LogP contribution is -2.55. The van der Waals surface area contributed by atoms with Crippen LogP contribution in [0.5, 0.6) is 5.75 Å². The van der Waals surface area contributed by atoms with Crippen molar-refractivity contribution < 1.29 is 24.2 Å². The van der Waals surface area contributed by atoms with Gasteiger partial charge in [-0.05, 0) is 43.7 Å². The highest BCUT2D eigenvalue weighted by Gasteiger charge is 2.38. The molecule has 1 aliphatic heterocycles. The summed E-state index contributed by atoms with van der Waals surface area (Å²) in [5, 5.41) is 12.6. The van der Waals surface area contributed by atoms with E-state index in [1.54, 1.807) is 29.2 Å². The number of amides is 2. The van der Waals surface area contributed by atoms with Gasteiger partial charge in [0.1, 0.15) is 18.5 Å². The highest BCUT2D eigenvalue weighted by molar-refractivity contribution is 5.91. The van der Waals surface area contributed by atoms with Crippen molar-refractivity contribution in [1.29, 1.82) is 0 Å². The summed E-state index contributed by atoms with van der Waals surface area (Å²) in [6.07, 6.45) is -0.425. The Hall–Kier alpha value is -2.90. The van der Waals surface area contributed by atoms with Crippen LogP contribution >= 0.6 is 0 Å². The highest BCUT2D eigenvalue weighted by atomic mass is 16.5. The number of para-hydroxylation sites is 1. The van der Waals surface area contributed by atoms with Crippen LogP contribution in [0.15, 0.2) is 54.6 Å². The van der Waals surface area contributed by atoms with Crippen molar-refractivity contribution in [2.75, 3.05) is 25.1 Å². The Morgan fingerprint density at radius 1 is 1.21 bits per heavy atom. The van der Waals surface area contributed by atoms with Crippen molar-refractivity contribution in [3.63, 3.8) is 0 Å². The number of aliphatic hydroxyl groups is 1. The molecule has 1 heterocycles. The van der Waals surface area contributed by atoms with Crippen molar-refractivity contribution in [3.8, 4) is 5.75 Å². The molecule has 0 spiro atoms. The van der Waals surface area contributed by atoms with E-state index < -0.39 is 12.1 Å². The first-order valence-corrected chi connectivity index (χ1v) is 9.61. The monoisotopic (exact) mass is 398 g/mol. The lowest BCUT2D eigenvalue weighted by Gasteiger charge is -2.42. The Morgan fingerprint density at radius 2 is 1.90 bits per heavy atom. The Balaban J connectivity index is 1.62. The highest BCUT2D eigenvalue weighted by Crippen LogP contribution is 2.31. The predicted molar refractivity (Wildman–Crippen MR) is 109 cm³/mol. The summed E-state index contributed by atoms with van der Waals surface area (Å²) in [5.74, 6) is 0.240. The van der Waals surface area contributed by atoms with Crippen LogP contribution in [0.25, 0.3) is 0 Å². The van der Waals surface area contributed by atoms with E-state index in [0.717, 1.165) is 5.56 Å². The van der Waals surface area contributed by atoms with Gasteiger partial charge in [0.15, 0.2) is 6.61 Å². The summed E-state index contributed by atoms with van der Waals surface area (Å²) >= 11 is 0. The second kappa shape index (κ2) is 9.54. The fourth-order valence-corrected chi connectivity index (χ4v) is 3.47. The maximum atomic E-state index is 12.2. The van der Waals surface area contributed by atoms with Crippen LogP contribution in [0.2, 0.25) is 0 Å². The third-order valence-corrected chi connectivity index (χ3v) is 4.76. The molecule has 2 atom stereocenters. The first-order valence-electron chi connectivity index (χ1n) is 9.61. The van der Waals surface area contributed by atoms with Crippen LogP contribution in [0, 0.1) is 0 Å². The van der Waals surface area contributed by atoms with Crippen molar-refractivity contribution in [2.24, 2.45) is 0 Å². The van der Waals surface area contributed by atoms with Gasteiger partial charge in [-0.1, -0.05) is 30.3 Å². The SMILES string of the molecule is CC(C)N1C(=O)CO[C@H](c2ccc(NC(=O)COc3ccccc3)cc2)[C@H]1CO. The number of morpholine rings is 1. The molecule has 0 bridgehead atoms. The molecule has 2 N–H and O–H groups in total. The zero-order valence-electron chi connectivity index (χ0n) is 16.6. The topological polar surface area (TPSA) is 88.1 Å². The number of carbonyl (C=O) groups is 2. The molecule has 0 saturated carbocycles. The fourth-order valence-electron chi connectivity index (χ4n) is 3.47. The van der Waals surface area contributed by atoms with Gasteiger partial charge >= 0.3 is 0 Å². The van der Waals surface area contributed by atoms with Crippen LogP contribution in [0.4, 0.5) is 5.69 Å². The first-order chi connectivity index (χ1) is 14.0. The third-order valence-electron chi connectivity index (χ3n) is 4.76. The molecule has 2 aromatic rings. The smallest absolute Gasteiger partial charge is 0.262 e. The van der Waals surface area contributed by atoms with Crippen LogP contribution in [0.1, 0.15) is 25.5 Å². The summed E-state index contributed by atoms with van der Waals surface area (Å²) in [4.78, 5) is 25.9. The standard InChI is InChI=1S/C22H26N2O5/c1-15(2)24-19(12-25)22(29-14-21(24)27)16-8-10-17(11-9-16)23-20(26)13-28-18-6-4-3-5-7-18/h3-11,15,19,22,25H,12-14H2,1-2H3,(H,23,26)/t19-,22-/m1/s1. The van der Waals surface area contributed by atoms with Gasteiger partial charge in [0.05, 0.1) is 12.6 Å². The molecule has 0 aliphatic carbocycles. The number of anilines is 1. The predicted octanol–water partition coefficient (Wildman–Crippen LogP) is 2.37. The minimum Gasteiger partial charge on any atom is -0.484 e. The molecular formula is C22H26N2O5. The van der Waals surface area contributed by atoms with Gasteiger partial charge < -0.3 is 24.8 Å². The first kappa shape index (κ1) is 20.8. The summed E-state index contributed by atoms with van der Waals surface area (Å²) < 4.78 is 11.1. The van der Waals surface area contributed by atoms with E-state index >= 15 is 0 Å². The minimum absolute atomic E-state index is 0.0192. The Morgan fingerprint density at radius 3 is 2.52 bits per heavy atom. The third kappa shape index (κ3) is 5.13. The van der Waals surface area contributed by atoms with Crippen molar-refractivity contribution >= 4 is 17.5 Å². The number of carbonyl (C=O) groups excluding carboxylic acids is 2. The lowest BCUT2D eigenvalue weighted by atomic mass is 9.98. The van der Waals surface area contributed by atoms with Gasteiger partial charge in [0.25, 0.3) is 5.91 Å². The van der Waals surface area contributed by atoms with E-state index in [9.17, 15) is 14.7 Å². The molecule has 1 saturated heterocycles. The van der Waals surface area contributed by atoms with Crippen molar-refractivity contribution in [3.05, 3.63) is 60.2 Å². The Kier molecular flexibility index (Phi) is 6.85. The zero-order chi connectivity index (χ0) is 20.8. The fraction of sp³-hybridized carbons (Fsp3) is 0.364. The van der Waals surface area contributed by atoms with E-state index in [0.29, 0.717) is 11.4 Å². The molecule has 2 amide bonds. The number of benzene rings is 2. The maximum absolute atomic E-state index is 12.2. The van der Waals surface area contributed by atoms with Gasteiger partial charge in [0, 0.05) is 11.7 Å². The van der Waals surface area contributed by atoms with Crippen molar-refractivity contribution in [2.45, 2.75) is 32.0 Å². The van der Waals surface area contributed by atoms with Crippen molar-refractivity contribution in [1.82, 2.24) is 4.90 Å². The molecule has 7 heteroatoms. The molecule has 1 fully saturated rings. The summed E-state index contributed by atoms with van der Waals surface area (Å²) in [6, 6.07) is 15.8. The Bertz CT molecular complexity index is 823. The van der Waals surface area contributed by atoms with E-state index in [-0.39, 0.29) is 37.7 Å². The number of nitrogens with one attached hydrogen (secondary N) is 1. The van der Waals surface area contributed by atoms with E-state index in [4.69, 9.17) is 9.47 Å². The van der Waals surface area contributed by atoms with Crippen LogP contribution in [-0.2, 0) is 14.3 Å². The minimum atomic E-state index is -0.448. The van der Waals surface area contributed by atoms with Gasteiger partial charge in [-0.15, -0.1) is 0 Å². The number of nitrogens with zero attached hydrogens (tertiary/aromatic N) is 1. The number of aliphatic hydroxyl groups excluding tert-OH is 1.